The molecule has 0 spiro atoms. The van der Waals surface area contributed by atoms with Crippen molar-refractivity contribution in [2.75, 3.05) is 38.2 Å². The first-order valence-electron chi connectivity index (χ1n) is 10.5. The average Bonchev–Trinajstić information content (AvgIpc) is 2.85. The number of benzene rings is 3. The van der Waals surface area contributed by atoms with Crippen molar-refractivity contribution in [3.8, 4) is 6.07 Å². The molecule has 2 N–H and O–H groups in total. The Labute approximate surface area is 186 Å². The van der Waals surface area contributed by atoms with Crippen molar-refractivity contribution in [3.63, 3.8) is 0 Å². The fourth-order valence-electron chi connectivity index (χ4n) is 4.00. The normalized spacial score (nSPS) is 15.0. The molecule has 0 radical (unpaired) electrons. The molecule has 1 aliphatic heterocycles. The van der Waals surface area contributed by atoms with Crippen LogP contribution in [0.25, 0.3) is 10.8 Å². The third kappa shape index (κ3) is 4.78. The zero-order valence-corrected chi connectivity index (χ0v) is 17.6. The molecule has 4 rings (SSSR count). The van der Waals surface area contributed by atoms with Crippen LogP contribution in [-0.4, -0.2) is 49.6 Å². The molecule has 1 atom stereocenters. The van der Waals surface area contributed by atoms with Crippen molar-refractivity contribution < 1.29 is 14.3 Å². The average molecular weight is 428 g/mol. The van der Waals surface area contributed by atoms with E-state index < -0.39 is 11.8 Å². The summed E-state index contributed by atoms with van der Waals surface area (Å²) < 4.78 is 5.51. The van der Waals surface area contributed by atoms with Gasteiger partial charge < -0.3 is 15.4 Å². The van der Waals surface area contributed by atoms with Crippen molar-refractivity contribution in [3.05, 3.63) is 77.9 Å². The number of fused-ring (bicyclic) bond motifs is 1. The van der Waals surface area contributed by atoms with E-state index in [-0.39, 0.29) is 12.6 Å². The van der Waals surface area contributed by atoms with Gasteiger partial charge >= 0.3 is 11.8 Å². The lowest BCUT2D eigenvalue weighted by Crippen LogP contribution is -2.45. The van der Waals surface area contributed by atoms with Gasteiger partial charge in [-0.2, -0.15) is 5.26 Å². The van der Waals surface area contributed by atoms with Crippen molar-refractivity contribution in [1.29, 1.82) is 5.26 Å². The van der Waals surface area contributed by atoms with Crippen molar-refractivity contribution >= 4 is 28.3 Å². The number of hydrogen-bond acceptors (Lipinski definition) is 5. The maximum atomic E-state index is 12.6. The predicted octanol–water partition coefficient (Wildman–Crippen LogP) is 2.84. The quantitative estimate of drug-likeness (QED) is 0.610. The number of amides is 2. The highest BCUT2D eigenvalue weighted by molar-refractivity contribution is 6.39. The summed E-state index contributed by atoms with van der Waals surface area (Å²) in [5.74, 6) is -1.54. The number of nitriles is 1. The van der Waals surface area contributed by atoms with Gasteiger partial charge in [0.15, 0.2) is 0 Å². The SMILES string of the molecule is N#Cc1ccccc1NC(=O)C(=O)NCC(c1cccc2ccccc12)N1CCOCC1. The van der Waals surface area contributed by atoms with E-state index in [1.54, 1.807) is 24.3 Å². The second-order valence-electron chi connectivity index (χ2n) is 7.55. The largest absolute Gasteiger partial charge is 0.379 e. The molecule has 3 aromatic rings. The molecular weight excluding hydrogens is 404 g/mol. The highest BCUT2D eigenvalue weighted by atomic mass is 16.5. The van der Waals surface area contributed by atoms with Crippen LogP contribution in [0.15, 0.2) is 66.7 Å². The lowest BCUT2D eigenvalue weighted by molar-refractivity contribution is -0.136. The molecule has 1 unspecified atom stereocenters. The first-order chi connectivity index (χ1) is 15.7. The molecule has 0 saturated carbocycles. The highest BCUT2D eigenvalue weighted by Crippen LogP contribution is 2.28. The molecule has 32 heavy (non-hydrogen) atoms. The van der Waals surface area contributed by atoms with Crippen LogP contribution in [0, 0.1) is 11.3 Å². The van der Waals surface area contributed by atoms with Crippen LogP contribution in [0.4, 0.5) is 5.69 Å². The van der Waals surface area contributed by atoms with Gasteiger partial charge in [-0.3, -0.25) is 14.5 Å². The van der Waals surface area contributed by atoms with Gasteiger partial charge in [-0.15, -0.1) is 0 Å². The number of anilines is 1. The third-order valence-corrected chi connectivity index (χ3v) is 5.63. The molecule has 1 saturated heterocycles. The van der Waals surface area contributed by atoms with Crippen LogP contribution in [0.1, 0.15) is 17.2 Å². The molecule has 0 bridgehead atoms. The molecule has 0 aliphatic carbocycles. The lowest BCUT2D eigenvalue weighted by atomic mass is 9.97. The molecule has 0 aromatic heterocycles. The number of morpholine rings is 1. The maximum absolute atomic E-state index is 12.6. The van der Waals surface area contributed by atoms with Crippen LogP contribution in [0.3, 0.4) is 0 Å². The number of rotatable bonds is 5. The summed E-state index contributed by atoms with van der Waals surface area (Å²) in [4.78, 5) is 27.3. The summed E-state index contributed by atoms with van der Waals surface area (Å²) in [7, 11) is 0. The number of hydrogen-bond donors (Lipinski definition) is 2. The number of carbonyl (C=O) groups is 2. The van der Waals surface area contributed by atoms with Gasteiger partial charge in [0, 0.05) is 19.6 Å². The van der Waals surface area contributed by atoms with Gasteiger partial charge in [-0.05, 0) is 28.5 Å². The monoisotopic (exact) mass is 428 g/mol. The minimum Gasteiger partial charge on any atom is -0.379 e. The molecule has 7 nitrogen and oxygen atoms in total. The Morgan fingerprint density at radius 2 is 1.69 bits per heavy atom. The van der Waals surface area contributed by atoms with E-state index in [1.807, 2.05) is 24.3 Å². The van der Waals surface area contributed by atoms with Crippen LogP contribution in [-0.2, 0) is 14.3 Å². The first-order valence-corrected chi connectivity index (χ1v) is 10.5. The molecule has 1 fully saturated rings. The maximum Gasteiger partial charge on any atom is 0.313 e. The molecular formula is C25H24N4O3. The number of carbonyl (C=O) groups excluding carboxylic acids is 2. The minimum absolute atomic E-state index is 0.104. The Morgan fingerprint density at radius 1 is 0.969 bits per heavy atom. The van der Waals surface area contributed by atoms with E-state index in [0.29, 0.717) is 24.5 Å². The van der Waals surface area contributed by atoms with Crippen LogP contribution in [0.2, 0.25) is 0 Å². The van der Waals surface area contributed by atoms with Crippen molar-refractivity contribution in [2.24, 2.45) is 0 Å². The van der Waals surface area contributed by atoms with E-state index in [9.17, 15) is 14.9 Å². The van der Waals surface area contributed by atoms with Crippen LogP contribution < -0.4 is 10.6 Å². The highest BCUT2D eigenvalue weighted by Gasteiger charge is 2.26. The molecule has 2 amide bonds. The fourth-order valence-corrected chi connectivity index (χ4v) is 4.00. The molecule has 1 heterocycles. The second kappa shape index (κ2) is 10.1. The molecule has 7 heteroatoms. The second-order valence-corrected chi connectivity index (χ2v) is 7.55. The van der Waals surface area contributed by atoms with Crippen molar-refractivity contribution in [1.82, 2.24) is 10.2 Å². The predicted molar refractivity (Wildman–Crippen MR) is 122 cm³/mol. The van der Waals surface area contributed by atoms with Crippen LogP contribution >= 0.6 is 0 Å². The summed E-state index contributed by atoms with van der Waals surface area (Å²) in [5.41, 5.74) is 1.71. The van der Waals surface area contributed by atoms with Crippen LogP contribution in [0.5, 0.6) is 0 Å². The van der Waals surface area contributed by atoms with E-state index >= 15 is 0 Å². The smallest absolute Gasteiger partial charge is 0.313 e. The Balaban J connectivity index is 1.52. The molecule has 162 valence electrons. The van der Waals surface area contributed by atoms with E-state index in [0.717, 1.165) is 29.4 Å². The number of ether oxygens (including phenoxy) is 1. The Morgan fingerprint density at radius 3 is 2.50 bits per heavy atom. The summed E-state index contributed by atoms with van der Waals surface area (Å²) in [6.45, 7) is 3.01. The Bertz CT molecular complexity index is 1160. The zero-order chi connectivity index (χ0) is 22.3. The van der Waals surface area contributed by atoms with Gasteiger partial charge in [0.1, 0.15) is 6.07 Å². The summed E-state index contributed by atoms with van der Waals surface area (Å²) in [6.07, 6.45) is 0. The zero-order valence-electron chi connectivity index (χ0n) is 17.6. The standard InChI is InChI=1S/C25H24N4O3/c26-16-19-7-2-4-11-22(19)28-25(31)24(30)27-17-23(29-12-14-32-15-13-29)21-10-5-8-18-6-1-3-9-20(18)21/h1-11,23H,12-15,17H2,(H,27,30)(H,28,31). The summed E-state index contributed by atoms with van der Waals surface area (Å²) >= 11 is 0. The first kappa shape index (κ1) is 21.5. The van der Waals surface area contributed by atoms with Gasteiger partial charge in [-0.1, -0.05) is 54.6 Å². The van der Waals surface area contributed by atoms with E-state index in [1.165, 1.54) is 0 Å². The number of para-hydroxylation sites is 1. The van der Waals surface area contributed by atoms with E-state index in [4.69, 9.17) is 4.74 Å². The van der Waals surface area contributed by atoms with Gasteiger partial charge in [0.05, 0.1) is 30.5 Å². The van der Waals surface area contributed by atoms with Gasteiger partial charge in [-0.25, -0.2) is 0 Å². The topological polar surface area (TPSA) is 94.5 Å². The minimum atomic E-state index is -0.800. The lowest BCUT2D eigenvalue weighted by Gasteiger charge is -2.35. The number of nitrogens with zero attached hydrogens (tertiary/aromatic N) is 2. The fraction of sp³-hybridized carbons (Fsp3) is 0.240. The van der Waals surface area contributed by atoms with Crippen molar-refractivity contribution in [2.45, 2.75) is 6.04 Å². The third-order valence-electron chi connectivity index (χ3n) is 5.63. The van der Waals surface area contributed by atoms with E-state index in [2.05, 4.69) is 39.8 Å². The van der Waals surface area contributed by atoms with Gasteiger partial charge in [0.2, 0.25) is 0 Å². The molecule has 1 aliphatic rings. The number of nitrogens with one attached hydrogen (secondary N) is 2. The molecule has 3 aromatic carbocycles. The summed E-state index contributed by atoms with van der Waals surface area (Å²) in [6, 6.07) is 22.8. The Hall–Kier alpha value is -3.73. The Kier molecular flexibility index (Phi) is 6.75. The summed E-state index contributed by atoms with van der Waals surface area (Å²) in [5, 5.41) is 16.7. The van der Waals surface area contributed by atoms with Gasteiger partial charge in [0.25, 0.3) is 0 Å².